The third kappa shape index (κ3) is 4.32. The molecule has 1 heterocycles. The van der Waals surface area contributed by atoms with Gasteiger partial charge in [0.1, 0.15) is 0 Å². The number of rotatable bonds is 0. The molecular formula is C12H10F3NO2. The number of benzene rings is 1. The van der Waals surface area contributed by atoms with Crippen LogP contribution < -0.4 is 5.32 Å². The highest BCUT2D eigenvalue weighted by Gasteiger charge is 2.38. The van der Waals surface area contributed by atoms with Gasteiger partial charge >= 0.3 is 12.1 Å². The van der Waals surface area contributed by atoms with E-state index in [0.29, 0.717) is 0 Å². The van der Waals surface area contributed by atoms with Gasteiger partial charge in [-0.15, -0.1) is 0 Å². The van der Waals surface area contributed by atoms with Crippen LogP contribution in [0.2, 0.25) is 0 Å². The lowest BCUT2D eigenvalue weighted by molar-refractivity contribution is -0.192. The van der Waals surface area contributed by atoms with E-state index in [1.54, 1.807) is 0 Å². The lowest BCUT2D eigenvalue weighted by Crippen LogP contribution is -2.21. The van der Waals surface area contributed by atoms with Crippen LogP contribution in [0.25, 0.3) is 12.2 Å². The van der Waals surface area contributed by atoms with Crippen LogP contribution in [-0.2, 0) is 4.79 Å². The van der Waals surface area contributed by atoms with Crippen molar-refractivity contribution in [2.45, 2.75) is 6.18 Å². The Morgan fingerprint density at radius 3 is 1.78 bits per heavy atom. The molecule has 0 radical (unpaired) electrons. The van der Waals surface area contributed by atoms with Crippen LogP contribution in [0.15, 0.2) is 36.7 Å². The molecule has 96 valence electrons. The number of nitrogens with one attached hydrogen (secondary N) is 1. The number of alkyl halides is 3. The molecule has 18 heavy (non-hydrogen) atoms. The Balaban J connectivity index is 0.000000203. The van der Waals surface area contributed by atoms with Gasteiger partial charge in [0.05, 0.1) is 0 Å². The second-order valence-electron chi connectivity index (χ2n) is 3.27. The van der Waals surface area contributed by atoms with E-state index >= 15 is 0 Å². The number of carboxylic acids is 1. The van der Waals surface area contributed by atoms with Crippen LogP contribution in [-0.4, -0.2) is 17.3 Å². The molecule has 0 bridgehead atoms. The quantitative estimate of drug-likeness (QED) is 0.751. The van der Waals surface area contributed by atoms with Crippen molar-refractivity contribution in [2.75, 3.05) is 0 Å². The van der Waals surface area contributed by atoms with E-state index in [1.807, 2.05) is 24.5 Å². The van der Waals surface area contributed by atoms with Crippen LogP contribution in [0.3, 0.4) is 0 Å². The van der Waals surface area contributed by atoms with E-state index in [9.17, 15) is 13.2 Å². The molecule has 2 N–H and O–H groups in total. The Labute approximate surface area is 101 Å². The Morgan fingerprint density at radius 2 is 1.44 bits per heavy atom. The molecule has 0 atom stereocenters. The largest absolute Gasteiger partial charge is 0.490 e. The van der Waals surface area contributed by atoms with Crippen molar-refractivity contribution in [3.8, 4) is 0 Å². The molecule has 0 aliphatic carbocycles. The molecule has 6 heteroatoms. The first-order valence-corrected chi connectivity index (χ1v) is 4.89. The standard InChI is InChI=1S/C10H9N.C2HF3O2/c1-2-4-10-6-8-11-7-5-9(10)3-1;3-2(4,5)1(6)7/h1-8,11H;(H,6,7). The summed E-state index contributed by atoms with van der Waals surface area (Å²) in [4.78, 5) is 8.90. The number of carbonyl (C=O) groups is 1. The van der Waals surface area contributed by atoms with E-state index < -0.39 is 12.1 Å². The highest BCUT2D eigenvalue weighted by Crippen LogP contribution is 2.13. The third-order valence-electron chi connectivity index (χ3n) is 1.96. The monoisotopic (exact) mass is 257 g/mol. The molecule has 1 aliphatic rings. The van der Waals surface area contributed by atoms with Gasteiger partial charge in [0.25, 0.3) is 0 Å². The average molecular weight is 257 g/mol. The molecule has 0 fully saturated rings. The van der Waals surface area contributed by atoms with Gasteiger partial charge < -0.3 is 10.4 Å². The fourth-order valence-electron chi connectivity index (χ4n) is 1.15. The Bertz CT molecular complexity index is 447. The van der Waals surface area contributed by atoms with Gasteiger partial charge in [-0.05, 0) is 23.3 Å². The summed E-state index contributed by atoms with van der Waals surface area (Å²) in [6.45, 7) is 0. The van der Waals surface area contributed by atoms with Crippen molar-refractivity contribution in [1.82, 2.24) is 5.32 Å². The van der Waals surface area contributed by atoms with Gasteiger partial charge in [-0.1, -0.05) is 24.3 Å². The Morgan fingerprint density at radius 1 is 1.06 bits per heavy atom. The first-order valence-electron chi connectivity index (χ1n) is 4.89. The molecule has 0 amide bonds. The van der Waals surface area contributed by atoms with Gasteiger partial charge in [0, 0.05) is 12.4 Å². The minimum Gasteiger partial charge on any atom is -0.475 e. The summed E-state index contributed by atoms with van der Waals surface area (Å²) in [6, 6.07) is 8.29. The molecule has 3 nitrogen and oxygen atoms in total. The van der Waals surface area contributed by atoms with Gasteiger partial charge in [0.15, 0.2) is 0 Å². The fraction of sp³-hybridized carbons (Fsp3) is 0.0833. The van der Waals surface area contributed by atoms with E-state index in [0.717, 1.165) is 0 Å². The summed E-state index contributed by atoms with van der Waals surface area (Å²) in [7, 11) is 0. The topological polar surface area (TPSA) is 49.3 Å². The van der Waals surface area contributed by atoms with Gasteiger partial charge in [-0.25, -0.2) is 4.79 Å². The van der Waals surface area contributed by atoms with E-state index in [4.69, 9.17) is 9.90 Å². The molecule has 1 aliphatic heterocycles. The zero-order valence-electron chi connectivity index (χ0n) is 9.11. The maximum Gasteiger partial charge on any atom is 0.490 e. The molecule has 0 spiro atoms. The predicted molar refractivity (Wildman–Crippen MR) is 61.3 cm³/mol. The number of carboxylic acid groups (broad SMARTS) is 1. The van der Waals surface area contributed by atoms with Crippen LogP contribution in [0.4, 0.5) is 13.2 Å². The third-order valence-corrected chi connectivity index (χ3v) is 1.96. The van der Waals surface area contributed by atoms with Crippen molar-refractivity contribution in [3.63, 3.8) is 0 Å². The van der Waals surface area contributed by atoms with Gasteiger partial charge in [-0.3, -0.25) is 0 Å². The smallest absolute Gasteiger partial charge is 0.475 e. The predicted octanol–water partition coefficient (Wildman–Crippen LogP) is 2.86. The molecule has 0 saturated heterocycles. The number of halogens is 3. The molecule has 0 saturated carbocycles. The van der Waals surface area contributed by atoms with Gasteiger partial charge in [0.2, 0.25) is 0 Å². The summed E-state index contributed by atoms with van der Waals surface area (Å²) in [5.74, 6) is -2.76. The lowest BCUT2D eigenvalue weighted by Gasteiger charge is -1.95. The van der Waals surface area contributed by atoms with E-state index in [2.05, 4.69) is 29.6 Å². The summed E-state index contributed by atoms with van der Waals surface area (Å²) >= 11 is 0. The second-order valence-corrected chi connectivity index (χ2v) is 3.27. The van der Waals surface area contributed by atoms with Crippen LogP contribution in [0.5, 0.6) is 0 Å². The minimum absolute atomic E-state index is 1.26. The van der Waals surface area contributed by atoms with Crippen molar-refractivity contribution in [1.29, 1.82) is 0 Å². The van der Waals surface area contributed by atoms with Crippen LogP contribution in [0, 0.1) is 0 Å². The summed E-state index contributed by atoms with van der Waals surface area (Å²) < 4.78 is 31.7. The van der Waals surface area contributed by atoms with E-state index in [-0.39, 0.29) is 0 Å². The SMILES string of the molecule is C1=Cc2ccccc2C=CN1.O=C(O)C(F)(F)F. The Kier molecular flexibility index (Phi) is 4.53. The summed E-state index contributed by atoms with van der Waals surface area (Å²) in [5, 5.41) is 10.2. The molecule has 0 unspecified atom stereocenters. The van der Waals surface area contributed by atoms with Crippen LogP contribution in [0.1, 0.15) is 11.1 Å². The maximum absolute atomic E-state index is 10.6. The second kappa shape index (κ2) is 5.90. The van der Waals surface area contributed by atoms with Crippen LogP contribution >= 0.6 is 0 Å². The zero-order chi connectivity index (χ0) is 13.6. The molecular weight excluding hydrogens is 247 g/mol. The summed E-state index contributed by atoms with van der Waals surface area (Å²) in [6.07, 6.45) is 2.91. The fourth-order valence-corrected chi connectivity index (χ4v) is 1.15. The molecule has 1 aromatic carbocycles. The number of fused-ring (bicyclic) bond motifs is 1. The average Bonchev–Trinajstić information content (AvgIpc) is 2.53. The van der Waals surface area contributed by atoms with Gasteiger partial charge in [-0.2, -0.15) is 13.2 Å². The van der Waals surface area contributed by atoms with Crippen molar-refractivity contribution >= 4 is 18.1 Å². The number of hydrogen-bond acceptors (Lipinski definition) is 2. The molecule has 2 rings (SSSR count). The Hall–Kier alpha value is -2.24. The van der Waals surface area contributed by atoms with Crippen molar-refractivity contribution < 1.29 is 23.1 Å². The first-order chi connectivity index (χ1) is 8.41. The number of aliphatic carboxylic acids is 1. The highest BCUT2D eigenvalue weighted by molar-refractivity contribution is 5.73. The van der Waals surface area contributed by atoms with Crippen molar-refractivity contribution in [3.05, 3.63) is 47.8 Å². The highest BCUT2D eigenvalue weighted by atomic mass is 19.4. The van der Waals surface area contributed by atoms with Crippen molar-refractivity contribution in [2.24, 2.45) is 0 Å². The maximum atomic E-state index is 10.6. The normalized spacial score (nSPS) is 12.6. The minimum atomic E-state index is -5.08. The summed E-state index contributed by atoms with van der Waals surface area (Å²) in [5.41, 5.74) is 2.52. The van der Waals surface area contributed by atoms with E-state index in [1.165, 1.54) is 11.1 Å². The lowest BCUT2D eigenvalue weighted by atomic mass is 10.1. The zero-order valence-corrected chi connectivity index (χ0v) is 9.11. The molecule has 0 aromatic heterocycles. The number of hydrogen-bond donors (Lipinski definition) is 2. The first kappa shape index (κ1) is 13.8. The molecule has 1 aromatic rings.